The lowest BCUT2D eigenvalue weighted by atomic mass is 10.2. The first-order valence-electron chi connectivity index (χ1n) is 5.21. The van der Waals surface area contributed by atoms with Gasteiger partial charge in [-0.3, -0.25) is 4.79 Å². The van der Waals surface area contributed by atoms with Crippen LogP contribution in [0.1, 0.15) is 23.7 Å². The van der Waals surface area contributed by atoms with Crippen molar-refractivity contribution in [3.63, 3.8) is 0 Å². The molecule has 0 saturated heterocycles. The summed E-state index contributed by atoms with van der Waals surface area (Å²) >= 11 is 3.22. The van der Waals surface area contributed by atoms with Gasteiger partial charge in [-0.15, -0.1) is 0 Å². The third kappa shape index (κ3) is 4.72. The molecule has 0 bridgehead atoms. The number of halogens is 1. The lowest BCUT2D eigenvalue weighted by Gasteiger charge is -2.05. The molecule has 1 amide bonds. The Morgan fingerprint density at radius 1 is 1.62 bits per heavy atom. The van der Waals surface area contributed by atoms with Gasteiger partial charge < -0.3 is 10.1 Å². The first-order chi connectivity index (χ1) is 7.74. The number of nitrogens with one attached hydrogen (secondary N) is 1. The van der Waals surface area contributed by atoms with Crippen LogP contribution >= 0.6 is 15.9 Å². The number of pyridine rings is 1. The molecule has 0 spiro atoms. The summed E-state index contributed by atoms with van der Waals surface area (Å²) in [6, 6.07) is 3.38. The Hall–Kier alpha value is -0.940. The molecule has 88 valence electrons. The van der Waals surface area contributed by atoms with Crippen molar-refractivity contribution in [1.82, 2.24) is 10.3 Å². The minimum absolute atomic E-state index is 0.0837. The fraction of sp³-hybridized carbons (Fsp3) is 0.455. The second-order valence-electron chi connectivity index (χ2n) is 3.17. The molecule has 0 unspecified atom stereocenters. The van der Waals surface area contributed by atoms with Crippen LogP contribution in [0.3, 0.4) is 0 Å². The van der Waals surface area contributed by atoms with Crippen LogP contribution in [0, 0.1) is 0 Å². The maximum atomic E-state index is 11.6. The highest BCUT2D eigenvalue weighted by Crippen LogP contribution is 2.07. The molecule has 0 aromatic carbocycles. The molecule has 0 aliphatic heterocycles. The molecule has 5 heteroatoms. The predicted octanol–water partition coefficient (Wildman–Crippen LogP) is 2.00. The number of aromatic nitrogens is 1. The number of carbonyl (C=O) groups is 1. The summed E-state index contributed by atoms with van der Waals surface area (Å²) in [6.45, 7) is 3.97. The molecule has 0 saturated carbocycles. The van der Waals surface area contributed by atoms with Crippen molar-refractivity contribution in [3.05, 3.63) is 28.5 Å². The lowest BCUT2D eigenvalue weighted by molar-refractivity contribution is 0.0944. The second-order valence-corrected chi connectivity index (χ2v) is 3.99. The molecule has 1 rings (SSSR count). The molecule has 0 radical (unpaired) electrons. The van der Waals surface area contributed by atoms with Gasteiger partial charge in [-0.25, -0.2) is 4.98 Å². The Balaban J connectivity index is 2.30. The first-order valence-corrected chi connectivity index (χ1v) is 6.01. The van der Waals surface area contributed by atoms with E-state index < -0.39 is 0 Å². The van der Waals surface area contributed by atoms with Crippen molar-refractivity contribution in [2.45, 2.75) is 13.3 Å². The highest BCUT2D eigenvalue weighted by atomic mass is 79.9. The average Bonchev–Trinajstić information content (AvgIpc) is 2.28. The zero-order valence-electron chi connectivity index (χ0n) is 9.20. The van der Waals surface area contributed by atoms with Crippen molar-refractivity contribution in [1.29, 1.82) is 0 Å². The van der Waals surface area contributed by atoms with Crippen LogP contribution < -0.4 is 5.32 Å². The normalized spacial score (nSPS) is 10.1. The predicted molar refractivity (Wildman–Crippen MR) is 65.4 cm³/mol. The fourth-order valence-corrected chi connectivity index (χ4v) is 1.53. The first kappa shape index (κ1) is 13.1. The van der Waals surface area contributed by atoms with Crippen molar-refractivity contribution in [3.8, 4) is 0 Å². The number of hydrogen-bond acceptors (Lipinski definition) is 3. The van der Waals surface area contributed by atoms with Gasteiger partial charge >= 0.3 is 0 Å². The van der Waals surface area contributed by atoms with Gasteiger partial charge in [0.25, 0.3) is 5.91 Å². The lowest BCUT2D eigenvalue weighted by Crippen LogP contribution is -2.25. The maximum Gasteiger partial charge on any atom is 0.251 e. The molecule has 0 aliphatic carbocycles. The number of hydrogen-bond donors (Lipinski definition) is 1. The van der Waals surface area contributed by atoms with Gasteiger partial charge in [0, 0.05) is 31.5 Å². The summed E-state index contributed by atoms with van der Waals surface area (Å²) in [5, 5.41) is 2.82. The number of amides is 1. The van der Waals surface area contributed by atoms with E-state index in [0.717, 1.165) is 6.42 Å². The third-order valence-corrected chi connectivity index (χ3v) is 2.38. The molecule has 1 aromatic rings. The highest BCUT2D eigenvalue weighted by molar-refractivity contribution is 9.10. The molecular formula is C11H15BrN2O2. The van der Waals surface area contributed by atoms with Crippen LogP contribution in [-0.4, -0.2) is 30.6 Å². The van der Waals surface area contributed by atoms with Gasteiger partial charge in [0.2, 0.25) is 0 Å². The molecule has 0 atom stereocenters. The third-order valence-electron chi connectivity index (χ3n) is 1.94. The number of nitrogens with zero attached hydrogens (tertiary/aromatic N) is 1. The smallest absolute Gasteiger partial charge is 0.251 e. The van der Waals surface area contributed by atoms with E-state index in [1.807, 2.05) is 6.92 Å². The van der Waals surface area contributed by atoms with Crippen LogP contribution in [0.2, 0.25) is 0 Å². The van der Waals surface area contributed by atoms with E-state index in [-0.39, 0.29) is 5.91 Å². The maximum absolute atomic E-state index is 11.6. The van der Waals surface area contributed by atoms with E-state index in [4.69, 9.17) is 4.74 Å². The molecule has 16 heavy (non-hydrogen) atoms. The van der Waals surface area contributed by atoms with Crippen molar-refractivity contribution in [2.24, 2.45) is 0 Å². The molecule has 1 N–H and O–H groups in total. The van der Waals surface area contributed by atoms with E-state index in [1.165, 1.54) is 0 Å². The Morgan fingerprint density at radius 2 is 2.44 bits per heavy atom. The fourth-order valence-electron chi connectivity index (χ4n) is 1.17. The summed E-state index contributed by atoms with van der Waals surface area (Å²) in [7, 11) is 0. The van der Waals surface area contributed by atoms with Crippen molar-refractivity contribution in [2.75, 3.05) is 19.8 Å². The standard InChI is InChI=1S/C11H15BrN2O2/c1-2-16-7-3-5-14-11(15)9-4-6-13-10(12)8-9/h4,6,8H,2-3,5,7H2,1H3,(H,14,15). The quantitative estimate of drug-likeness (QED) is 0.643. The Morgan fingerprint density at radius 3 is 3.12 bits per heavy atom. The van der Waals surface area contributed by atoms with E-state index in [2.05, 4.69) is 26.2 Å². The topological polar surface area (TPSA) is 51.2 Å². The summed E-state index contributed by atoms with van der Waals surface area (Å²) in [5.74, 6) is -0.0837. The minimum Gasteiger partial charge on any atom is -0.382 e. The highest BCUT2D eigenvalue weighted by Gasteiger charge is 2.04. The molecule has 1 aromatic heterocycles. The number of carbonyl (C=O) groups excluding carboxylic acids is 1. The van der Waals surface area contributed by atoms with Gasteiger partial charge in [-0.05, 0) is 41.4 Å². The Bertz CT molecular complexity index is 345. The molecular weight excluding hydrogens is 272 g/mol. The van der Waals surface area contributed by atoms with E-state index >= 15 is 0 Å². The SMILES string of the molecule is CCOCCCNC(=O)c1ccnc(Br)c1. The van der Waals surface area contributed by atoms with Crippen LogP contribution in [0.5, 0.6) is 0 Å². The Labute approximate surface area is 104 Å². The van der Waals surface area contributed by atoms with Gasteiger partial charge in [0.15, 0.2) is 0 Å². The monoisotopic (exact) mass is 286 g/mol. The zero-order valence-corrected chi connectivity index (χ0v) is 10.8. The van der Waals surface area contributed by atoms with Crippen LogP contribution in [-0.2, 0) is 4.74 Å². The van der Waals surface area contributed by atoms with Crippen molar-refractivity contribution < 1.29 is 9.53 Å². The number of rotatable bonds is 6. The van der Waals surface area contributed by atoms with Crippen LogP contribution in [0.15, 0.2) is 22.9 Å². The Kier molecular flexibility index (Phi) is 6.03. The summed E-state index contributed by atoms with van der Waals surface area (Å²) in [4.78, 5) is 15.6. The zero-order chi connectivity index (χ0) is 11.8. The molecule has 0 fully saturated rings. The largest absolute Gasteiger partial charge is 0.382 e. The minimum atomic E-state index is -0.0837. The average molecular weight is 287 g/mol. The van der Waals surface area contributed by atoms with E-state index in [9.17, 15) is 4.79 Å². The molecule has 4 nitrogen and oxygen atoms in total. The van der Waals surface area contributed by atoms with Crippen LogP contribution in [0.25, 0.3) is 0 Å². The molecule has 1 heterocycles. The summed E-state index contributed by atoms with van der Waals surface area (Å²) in [6.07, 6.45) is 2.42. The van der Waals surface area contributed by atoms with E-state index in [0.29, 0.717) is 29.9 Å². The second kappa shape index (κ2) is 7.35. The summed E-state index contributed by atoms with van der Waals surface area (Å²) < 4.78 is 5.83. The summed E-state index contributed by atoms with van der Waals surface area (Å²) in [5.41, 5.74) is 0.610. The van der Waals surface area contributed by atoms with Crippen LogP contribution in [0.4, 0.5) is 0 Å². The number of ether oxygens (including phenoxy) is 1. The van der Waals surface area contributed by atoms with Gasteiger partial charge in [-0.1, -0.05) is 0 Å². The molecule has 0 aliphatic rings. The van der Waals surface area contributed by atoms with Gasteiger partial charge in [0.05, 0.1) is 0 Å². The van der Waals surface area contributed by atoms with Gasteiger partial charge in [0.1, 0.15) is 4.60 Å². The van der Waals surface area contributed by atoms with E-state index in [1.54, 1.807) is 18.3 Å². The van der Waals surface area contributed by atoms with Crippen molar-refractivity contribution >= 4 is 21.8 Å². The van der Waals surface area contributed by atoms with Gasteiger partial charge in [-0.2, -0.15) is 0 Å².